The monoisotopic (exact) mass is 1010 g/mol. The third kappa shape index (κ3) is 10.3. The number of likely N-dealkylation sites (tertiary alicyclic amines) is 3. The number of para-hydroxylation sites is 2. The van der Waals surface area contributed by atoms with Crippen molar-refractivity contribution in [3.05, 3.63) is 101 Å². The molecule has 3 N–H and O–H groups in total. The molecule has 4 amide bonds. The van der Waals surface area contributed by atoms with Crippen LogP contribution in [-0.4, -0.2) is 124 Å². The average molecular weight is 1010 g/mol. The highest BCUT2D eigenvalue weighted by Gasteiger charge is 2.49. The van der Waals surface area contributed by atoms with Crippen LogP contribution < -0.4 is 20.3 Å². The van der Waals surface area contributed by atoms with E-state index in [1.54, 1.807) is 0 Å². The SMILES string of the molecule is O=C1C[C@H](C(=O)N2CCC(Oc3ccccc3-c3nc4cccc(Cl)c4s3)(C(=O)N3CCC(CC4CCN(CC5CCN(c6ccc(C7CCC(=O)NC7O)cn6)CC5)CC4)CC3)CC2)c2ccccc2N1. The Hall–Kier alpha value is -5.61. The Balaban J connectivity index is 0.691. The van der Waals surface area contributed by atoms with E-state index in [1.807, 2.05) is 82.7 Å². The summed E-state index contributed by atoms with van der Waals surface area (Å²) in [6, 6.07) is 25.2. The number of piperidine rings is 5. The lowest BCUT2D eigenvalue weighted by molar-refractivity contribution is -0.157. The lowest BCUT2D eigenvalue weighted by Gasteiger charge is -2.45. The zero-order chi connectivity index (χ0) is 49.3. The fourth-order valence-corrected chi connectivity index (χ4v) is 13.7. The molecule has 6 aliphatic rings. The zero-order valence-electron chi connectivity index (χ0n) is 40.9. The molecule has 0 radical (unpaired) electrons. The van der Waals surface area contributed by atoms with E-state index in [0.29, 0.717) is 86.1 Å². The normalized spacial score (nSPS) is 23.6. The molecule has 0 aliphatic carbocycles. The Bertz CT molecular complexity index is 2780. The van der Waals surface area contributed by atoms with Crippen LogP contribution in [0.2, 0.25) is 5.02 Å². The Labute approximate surface area is 430 Å². The van der Waals surface area contributed by atoms with E-state index in [9.17, 15) is 19.5 Å². The molecule has 0 saturated carbocycles. The Morgan fingerprint density at radius 2 is 1.50 bits per heavy atom. The summed E-state index contributed by atoms with van der Waals surface area (Å²) in [6.45, 7) is 7.46. The number of halogens is 1. The minimum absolute atomic E-state index is 0.0151. The van der Waals surface area contributed by atoms with Crippen LogP contribution in [-0.2, 0) is 19.2 Å². The van der Waals surface area contributed by atoms with E-state index in [4.69, 9.17) is 26.3 Å². The number of aliphatic hydroxyl groups is 1. The number of pyridine rings is 1. The van der Waals surface area contributed by atoms with Gasteiger partial charge in [-0.2, -0.15) is 0 Å². The molecule has 16 heteroatoms. The van der Waals surface area contributed by atoms with Gasteiger partial charge >= 0.3 is 0 Å². The minimum Gasteiger partial charge on any atom is -0.477 e. The molecule has 378 valence electrons. The average Bonchev–Trinajstić information content (AvgIpc) is 3.85. The van der Waals surface area contributed by atoms with Crippen molar-refractivity contribution < 1.29 is 29.0 Å². The molecule has 2 unspecified atom stereocenters. The number of aliphatic hydroxyl groups excluding tert-OH is 1. The highest BCUT2D eigenvalue weighted by molar-refractivity contribution is 7.22. The van der Waals surface area contributed by atoms with Crippen molar-refractivity contribution in [2.75, 3.05) is 69.1 Å². The van der Waals surface area contributed by atoms with E-state index >= 15 is 4.79 Å². The molecule has 14 nitrogen and oxygen atoms in total. The van der Waals surface area contributed by atoms with Crippen LogP contribution in [0.4, 0.5) is 11.5 Å². The van der Waals surface area contributed by atoms with Crippen LogP contribution in [0.15, 0.2) is 85.1 Å². The van der Waals surface area contributed by atoms with Gasteiger partial charge in [-0.3, -0.25) is 19.2 Å². The van der Waals surface area contributed by atoms with Gasteiger partial charge in [0.2, 0.25) is 17.7 Å². The summed E-state index contributed by atoms with van der Waals surface area (Å²) in [7, 11) is 0. The Morgan fingerprint density at radius 3 is 2.24 bits per heavy atom. The molecule has 5 saturated heterocycles. The first-order valence-corrected chi connectivity index (χ1v) is 27.5. The molecule has 72 heavy (non-hydrogen) atoms. The summed E-state index contributed by atoms with van der Waals surface area (Å²) in [5, 5.41) is 17.3. The zero-order valence-corrected chi connectivity index (χ0v) is 42.4. The highest BCUT2D eigenvalue weighted by Crippen LogP contribution is 2.43. The molecule has 3 aromatic carbocycles. The molecule has 0 spiro atoms. The van der Waals surface area contributed by atoms with E-state index in [1.165, 1.54) is 30.6 Å². The second-order valence-corrected chi connectivity index (χ2v) is 22.6. The van der Waals surface area contributed by atoms with Gasteiger partial charge in [-0.25, -0.2) is 9.97 Å². The number of rotatable bonds is 11. The highest BCUT2D eigenvalue weighted by atomic mass is 35.5. The number of anilines is 2. The number of aromatic nitrogens is 2. The molecule has 5 aromatic rings. The Kier molecular flexibility index (Phi) is 14.2. The molecule has 0 bridgehead atoms. The predicted octanol–water partition coefficient (Wildman–Crippen LogP) is 8.45. The van der Waals surface area contributed by atoms with Gasteiger partial charge < -0.3 is 40.1 Å². The first kappa shape index (κ1) is 48.6. The minimum atomic E-state index is -1.19. The van der Waals surface area contributed by atoms with E-state index in [2.05, 4.69) is 32.6 Å². The predicted molar refractivity (Wildman–Crippen MR) is 280 cm³/mol. The maximum absolute atomic E-state index is 15.2. The quantitative estimate of drug-likeness (QED) is 0.117. The number of nitrogens with zero attached hydrogens (tertiary/aromatic N) is 6. The first-order chi connectivity index (χ1) is 35.1. The smallest absolute Gasteiger partial charge is 0.266 e. The lowest BCUT2D eigenvalue weighted by Crippen LogP contribution is -2.60. The third-order valence-electron chi connectivity index (χ3n) is 16.7. The summed E-state index contributed by atoms with van der Waals surface area (Å²) in [6.07, 6.45) is 10.7. The fraction of sp³-hybridized carbons (Fsp3) is 0.500. The summed E-state index contributed by atoms with van der Waals surface area (Å²) in [5.74, 6) is 2.45. The summed E-state index contributed by atoms with van der Waals surface area (Å²) < 4.78 is 8.00. The van der Waals surface area contributed by atoms with Gasteiger partial charge in [0.05, 0.1) is 26.7 Å². The lowest BCUT2D eigenvalue weighted by atomic mass is 9.81. The van der Waals surface area contributed by atoms with Gasteiger partial charge in [-0.1, -0.05) is 54.1 Å². The first-order valence-electron chi connectivity index (χ1n) is 26.3. The number of hydrogen-bond donors (Lipinski definition) is 3. The molecular weight excluding hydrogens is 948 g/mol. The van der Waals surface area contributed by atoms with Crippen LogP contribution >= 0.6 is 22.9 Å². The van der Waals surface area contributed by atoms with Gasteiger partial charge in [-0.15, -0.1) is 11.3 Å². The van der Waals surface area contributed by atoms with Crippen molar-refractivity contribution in [3.63, 3.8) is 0 Å². The van der Waals surface area contributed by atoms with Crippen molar-refractivity contribution in [1.82, 2.24) is 30.0 Å². The van der Waals surface area contributed by atoms with Crippen LogP contribution in [0.3, 0.4) is 0 Å². The largest absolute Gasteiger partial charge is 0.477 e. The van der Waals surface area contributed by atoms with E-state index in [0.717, 1.165) is 96.1 Å². The summed E-state index contributed by atoms with van der Waals surface area (Å²) in [5.41, 5.74) is 2.89. The number of thiazole rings is 1. The van der Waals surface area contributed by atoms with Gasteiger partial charge in [-0.05, 0) is 130 Å². The molecule has 5 fully saturated rings. The third-order valence-corrected chi connectivity index (χ3v) is 18.2. The second kappa shape index (κ2) is 21.1. The maximum atomic E-state index is 15.2. The van der Waals surface area contributed by atoms with Gasteiger partial charge in [0.15, 0.2) is 5.60 Å². The van der Waals surface area contributed by atoms with Crippen LogP contribution in [0, 0.1) is 17.8 Å². The number of fused-ring (bicyclic) bond motifs is 2. The number of ether oxygens (including phenoxy) is 1. The van der Waals surface area contributed by atoms with Gasteiger partial charge in [0.1, 0.15) is 22.8 Å². The number of carbonyl (C=O) groups excluding carboxylic acids is 4. The number of nitrogens with one attached hydrogen (secondary N) is 2. The molecule has 3 atom stereocenters. The van der Waals surface area contributed by atoms with E-state index < -0.39 is 17.7 Å². The molecular formula is C56H65ClN8O6S. The molecule has 8 heterocycles. The Morgan fingerprint density at radius 1 is 0.778 bits per heavy atom. The number of amides is 4. The van der Waals surface area contributed by atoms with Crippen molar-refractivity contribution in [3.8, 4) is 16.3 Å². The van der Waals surface area contributed by atoms with Crippen molar-refractivity contribution in [2.24, 2.45) is 17.8 Å². The van der Waals surface area contributed by atoms with Gasteiger partial charge in [0.25, 0.3) is 5.91 Å². The molecule has 2 aromatic heterocycles. The van der Waals surface area contributed by atoms with Crippen LogP contribution in [0.25, 0.3) is 20.8 Å². The van der Waals surface area contributed by atoms with Gasteiger partial charge in [0, 0.05) is 89.3 Å². The number of hydrogen-bond acceptors (Lipinski definition) is 11. The fourth-order valence-electron chi connectivity index (χ4n) is 12.5. The molecule has 11 rings (SSSR count). The van der Waals surface area contributed by atoms with Crippen molar-refractivity contribution in [2.45, 2.75) is 101 Å². The molecule has 6 aliphatic heterocycles. The maximum Gasteiger partial charge on any atom is 0.266 e. The standard InChI is InChI=1S/C56H65ClN8O6S/c57-44-8-5-10-46-51(44)72-53(60-46)42-7-2-4-11-47(42)71-56(22-30-64(31-23-56)54(69)43-33-50(67)59-45-9-3-1-6-41(43)45)55(70)65-28-18-37(19-29-65)32-36-16-24-62(25-17-36)35-38-20-26-63(27-21-38)48-14-12-39(34-58-48)40-13-15-49(66)61-52(40)68/h1-12,14,34,36-38,40,43,52,68H,13,15-33,35H2,(H,59,67)(H,61,66)/t40?,43-,52?/m0/s1. The van der Waals surface area contributed by atoms with Crippen molar-refractivity contribution >= 4 is 68.3 Å². The number of carbonyl (C=O) groups is 4. The summed E-state index contributed by atoms with van der Waals surface area (Å²) in [4.78, 5) is 72.4. The topological polar surface area (TPSA) is 161 Å². The van der Waals surface area contributed by atoms with Crippen molar-refractivity contribution in [1.29, 1.82) is 0 Å². The van der Waals surface area contributed by atoms with E-state index in [-0.39, 0.29) is 36.0 Å². The number of benzene rings is 3. The van der Waals surface area contributed by atoms with Crippen LogP contribution in [0.1, 0.15) is 100 Å². The second-order valence-electron chi connectivity index (χ2n) is 21.2. The van der Waals surface area contributed by atoms with Crippen LogP contribution in [0.5, 0.6) is 5.75 Å². The summed E-state index contributed by atoms with van der Waals surface area (Å²) >= 11 is 8.10.